The van der Waals surface area contributed by atoms with Gasteiger partial charge in [0.1, 0.15) is 0 Å². The van der Waals surface area contributed by atoms with Crippen LogP contribution in [0.3, 0.4) is 0 Å². The summed E-state index contributed by atoms with van der Waals surface area (Å²) in [7, 11) is -3.73. The van der Waals surface area contributed by atoms with E-state index in [9.17, 15) is 8.42 Å². The quantitative estimate of drug-likeness (QED) is 0.807. The van der Waals surface area contributed by atoms with E-state index < -0.39 is 16.1 Å². The Bertz CT molecular complexity index is 805. The van der Waals surface area contributed by atoms with Crippen molar-refractivity contribution >= 4 is 21.6 Å². The minimum atomic E-state index is -3.73. The fourth-order valence-corrected chi connectivity index (χ4v) is 3.70. The molecule has 9 heteroatoms. The van der Waals surface area contributed by atoms with Crippen molar-refractivity contribution in [2.45, 2.75) is 51.3 Å². The zero-order chi connectivity index (χ0) is 17.9. The normalized spacial score (nSPS) is 13.2. The molecule has 0 aliphatic carbocycles. The molecule has 132 valence electrons. The Labute approximate surface area is 147 Å². The number of halogens is 1. The van der Waals surface area contributed by atoms with Gasteiger partial charge in [0.25, 0.3) is 0 Å². The van der Waals surface area contributed by atoms with E-state index in [1.54, 1.807) is 23.6 Å². The average molecular weight is 373 g/mol. The smallest absolute Gasteiger partial charge is 0.317 e. The van der Waals surface area contributed by atoms with E-state index in [2.05, 4.69) is 14.9 Å². The van der Waals surface area contributed by atoms with Crippen LogP contribution in [0, 0.1) is 0 Å². The molecule has 0 fully saturated rings. The van der Waals surface area contributed by atoms with E-state index in [1.807, 2.05) is 20.8 Å². The van der Waals surface area contributed by atoms with Gasteiger partial charge in [0.15, 0.2) is 5.82 Å². The van der Waals surface area contributed by atoms with Crippen LogP contribution in [0.2, 0.25) is 5.02 Å². The third-order valence-corrected chi connectivity index (χ3v) is 5.00. The van der Waals surface area contributed by atoms with E-state index in [1.165, 1.54) is 12.1 Å². The molecule has 0 aliphatic heterocycles. The van der Waals surface area contributed by atoms with Gasteiger partial charge in [-0.25, -0.2) is 13.1 Å². The fourth-order valence-electron chi connectivity index (χ4n) is 2.20. The lowest BCUT2D eigenvalue weighted by Gasteiger charge is -2.16. The van der Waals surface area contributed by atoms with Crippen molar-refractivity contribution in [1.82, 2.24) is 19.5 Å². The summed E-state index contributed by atoms with van der Waals surface area (Å²) >= 11 is 5.87. The van der Waals surface area contributed by atoms with Gasteiger partial charge < -0.3 is 4.74 Å². The van der Waals surface area contributed by atoms with Crippen molar-refractivity contribution < 1.29 is 13.2 Å². The maximum atomic E-state index is 12.5. The lowest BCUT2D eigenvalue weighted by molar-refractivity contribution is 0.211. The maximum Gasteiger partial charge on any atom is 0.317 e. The van der Waals surface area contributed by atoms with Crippen LogP contribution in [0.4, 0.5) is 0 Å². The molecular formula is C15H21ClN4O3S. The van der Waals surface area contributed by atoms with E-state index in [0.717, 1.165) is 0 Å². The molecule has 1 aromatic heterocycles. The molecule has 2 rings (SSSR count). The van der Waals surface area contributed by atoms with Crippen molar-refractivity contribution in [2.75, 3.05) is 0 Å². The number of aromatic nitrogens is 3. The van der Waals surface area contributed by atoms with Gasteiger partial charge in [-0.05, 0) is 45.9 Å². The molecule has 1 N–H and O–H groups in total. The molecule has 2 aromatic rings. The van der Waals surface area contributed by atoms with Crippen LogP contribution in [0.15, 0.2) is 29.2 Å². The summed E-state index contributed by atoms with van der Waals surface area (Å²) in [6.07, 6.45) is -0.0502. The third kappa shape index (κ3) is 4.25. The van der Waals surface area contributed by atoms with Crippen LogP contribution in [0.1, 0.15) is 39.6 Å². The Balaban J connectivity index is 2.26. The molecule has 0 amide bonds. The first-order valence-electron chi connectivity index (χ1n) is 7.62. The second-order valence-electron chi connectivity index (χ2n) is 5.55. The zero-order valence-electron chi connectivity index (χ0n) is 14.0. The zero-order valence-corrected chi connectivity index (χ0v) is 15.6. The minimum Gasteiger partial charge on any atom is -0.461 e. The largest absolute Gasteiger partial charge is 0.461 e. The highest BCUT2D eigenvalue weighted by Gasteiger charge is 2.24. The van der Waals surface area contributed by atoms with Crippen molar-refractivity contribution in [3.8, 4) is 6.01 Å². The molecule has 1 heterocycles. The summed E-state index contributed by atoms with van der Waals surface area (Å²) in [5.74, 6) is 0.485. The molecule has 0 spiro atoms. The monoisotopic (exact) mass is 372 g/mol. The minimum absolute atomic E-state index is 0.0502. The van der Waals surface area contributed by atoms with Crippen LogP contribution in [0.25, 0.3) is 0 Å². The van der Waals surface area contributed by atoms with Gasteiger partial charge in [0.05, 0.1) is 17.0 Å². The molecule has 0 bridgehead atoms. The number of rotatable bonds is 7. The Morgan fingerprint density at radius 2 is 2.00 bits per heavy atom. The van der Waals surface area contributed by atoms with Gasteiger partial charge in [-0.3, -0.25) is 4.57 Å². The molecule has 1 atom stereocenters. The first-order chi connectivity index (χ1) is 11.2. The van der Waals surface area contributed by atoms with Gasteiger partial charge in [-0.1, -0.05) is 22.8 Å². The highest BCUT2D eigenvalue weighted by atomic mass is 35.5. The Morgan fingerprint density at radius 1 is 1.29 bits per heavy atom. The van der Waals surface area contributed by atoms with Gasteiger partial charge in [0, 0.05) is 11.6 Å². The van der Waals surface area contributed by atoms with Crippen molar-refractivity contribution in [2.24, 2.45) is 0 Å². The topological polar surface area (TPSA) is 86.1 Å². The summed E-state index contributed by atoms with van der Waals surface area (Å²) < 4.78 is 34.9. The molecule has 24 heavy (non-hydrogen) atoms. The summed E-state index contributed by atoms with van der Waals surface area (Å²) in [5, 5.41) is 8.43. The van der Waals surface area contributed by atoms with Crippen molar-refractivity contribution in [3.05, 3.63) is 35.1 Å². The maximum absolute atomic E-state index is 12.5. The average Bonchev–Trinajstić information content (AvgIpc) is 2.88. The summed E-state index contributed by atoms with van der Waals surface area (Å²) in [6.45, 7) is 7.96. The summed E-state index contributed by atoms with van der Waals surface area (Å²) in [6, 6.07) is 5.88. The standard InChI is InChI=1S/C15H21ClN4O3S/c1-5-20-14(17-18-15(20)23-10(2)3)11(4)19-24(21,22)13-8-6-7-12(16)9-13/h6-11,19H,5H2,1-4H3/t11-/m1/s1. The third-order valence-electron chi connectivity index (χ3n) is 3.23. The van der Waals surface area contributed by atoms with E-state index >= 15 is 0 Å². The summed E-state index contributed by atoms with van der Waals surface area (Å²) in [5.41, 5.74) is 0. The predicted molar refractivity (Wildman–Crippen MR) is 91.6 cm³/mol. The highest BCUT2D eigenvalue weighted by Crippen LogP contribution is 2.21. The summed E-state index contributed by atoms with van der Waals surface area (Å²) in [4.78, 5) is 0.100. The Morgan fingerprint density at radius 3 is 2.58 bits per heavy atom. The number of hydrogen-bond donors (Lipinski definition) is 1. The number of hydrogen-bond acceptors (Lipinski definition) is 5. The molecule has 7 nitrogen and oxygen atoms in total. The molecule has 0 aliphatic rings. The molecule has 0 unspecified atom stereocenters. The molecule has 0 saturated heterocycles. The van der Waals surface area contributed by atoms with Crippen LogP contribution in [-0.4, -0.2) is 29.3 Å². The number of nitrogens with one attached hydrogen (secondary N) is 1. The van der Waals surface area contributed by atoms with E-state index in [4.69, 9.17) is 16.3 Å². The lowest BCUT2D eigenvalue weighted by Crippen LogP contribution is -2.29. The van der Waals surface area contributed by atoms with Crippen molar-refractivity contribution in [1.29, 1.82) is 0 Å². The van der Waals surface area contributed by atoms with E-state index in [0.29, 0.717) is 23.4 Å². The molecule has 1 aromatic carbocycles. The highest BCUT2D eigenvalue weighted by molar-refractivity contribution is 7.89. The second-order valence-corrected chi connectivity index (χ2v) is 7.70. The van der Waals surface area contributed by atoms with Gasteiger partial charge in [-0.2, -0.15) is 0 Å². The SMILES string of the molecule is CCn1c(OC(C)C)nnc1[C@@H](C)NS(=O)(=O)c1cccc(Cl)c1. The number of ether oxygens (including phenoxy) is 1. The molecular weight excluding hydrogens is 352 g/mol. The van der Waals surface area contributed by atoms with Crippen LogP contribution < -0.4 is 9.46 Å². The van der Waals surface area contributed by atoms with Crippen LogP contribution in [0.5, 0.6) is 6.01 Å². The predicted octanol–water partition coefficient (Wildman–Crippen LogP) is 2.78. The van der Waals surface area contributed by atoms with Crippen LogP contribution >= 0.6 is 11.6 Å². The number of benzene rings is 1. The van der Waals surface area contributed by atoms with Gasteiger partial charge in [-0.15, -0.1) is 5.10 Å². The fraction of sp³-hybridized carbons (Fsp3) is 0.467. The Kier molecular flexibility index (Phi) is 5.84. The van der Waals surface area contributed by atoms with Crippen molar-refractivity contribution in [3.63, 3.8) is 0 Å². The number of sulfonamides is 1. The van der Waals surface area contributed by atoms with E-state index in [-0.39, 0.29) is 11.0 Å². The molecule has 0 saturated carbocycles. The lowest BCUT2D eigenvalue weighted by atomic mass is 10.3. The second kappa shape index (κ2) is 7.50. The Hall–Kier alpha value is -1.64. The van der Waals surface area contributed by atoms with Crippen LogP contribution in [-0.2, 0) is 16.6 Å². The van der Waals surface area contributed by atoms with Gasteiger partial charge in [0.2, 0.25) is 10.0 Å². The first-order valence-corrected chi connectivity index (χ1v) is 9.48. The first kappa shape index (κ1) is 18.7. The molecule has 0 radical (unpaired) electrons. The number of nitrogens with zero attached hydrogens (tertiary/aromatic N) is 3. The van der Waals surface area contributed by atoms with Gasteiger partial charge >= 0.3 is 6.01 Å².